The predicted octanol–water partition coefficient (Wildman–Crippen LogP) is 2.09. The largest absolute Gasteiger partial charge is 0.416 e. The third-order valence-corrected chi connectivity index (χ3v) is 4.25. The molecule has 6 nitrogen and oxygen atoms in total. The van der Waals surface area contributed by atoms with Gasteiger partial charge in [-0.1, -0.05) is 17.3 Å². The average molecular weight is 369 g/mol. The number of rotatable bonds is 6. The molecule has 1 N–H and O–H groups in total. The Balaban J connectivity index is 1.59. The summed E-state index contributed by atoms with van der Waals surface area (Å²) >= 11 is 0. The molecule has 2 aromatic rings. The van der Waals surface area contributed by atoms with E-state index in [4.69, 9.17) is 4.74 Å². The SMILES string of the molecule is CN(C)Cc1cn(C2CNCC2OCc2ccc(C(F)(F)F)cc2)nn1. The molecule has 0 amide bonds. The van der Waals surface area contributed by atoms with E-state index in [1.165, 1.54) is 12.1 Å². The summed E-state index contributed by atoms with van der Waals surface area (Å²) in [7, 11) is 3.93. The van der Waals surface area contributed by atoms with Crippen LogP contribution in [0.2, 0.25) is 0 Å². The molecule has 1 aliphatic heterocycles. The summed E-state index contributed by atoms with van der Waals surface area (Å²) in [6.07, 6.45) is -2.53. The van der Waals surface area contributed by atoms with Crippen molar-refractivity contribution in [2.75, 3.05) is 27.2 Å². The fourth-order valence-electron chi connectivity index (χ4n) is 2.94. The Hall–Kier alpha value is -1.97. The number of benzene rings is 1. The maximum Gasteiger partial charge on any atom is 0.416 e. The summed E-state index contributed by atoms with van der Waals surface area (Å²) < 4.78 is 45.6. The fourth-order valence-corrected chi connectivity index (χ4v) is 2.94. The van der Waals surface area contributed by atoms with Gasteiger partial charge in [0.15, 0.2) is 0 Å². The standard InChI is InChI=1S/C17H22F3N5O/c1-24(2)9-14-10-25(23-22-14)15-7-21-8-16(15)26-11-12-3-5-13(6-4-12)17(18,19)20/h3-6,10,15-16,21H,7-9,11H2,1-2H3. The molecule has 3 rings (SSSR count). The maximum absolute atomic E-state index is 12.6. The van der Waals surface area contributed by atoms with Gasteiger partial charge < -0.3 is 15.0 Å². The highest BCUT2D eigenvalue weighted by atomic mass is 19.4. The number of aromatic nitrogens is 3. The van der Waals surface area contributed by atoms with Crippen LogP contribution in [0.3, 0.4) is 0 Å². The molecule has 2 heterocycles. The van der Waals surface area contributed by atoms with Gasteiger partial charge in [-0.2, -0.15) is 13.2 Å². The van der Waals surface area contributed by atoms with E-state index in [-0.39, 0.29) is 18.8 Å². The third-order valence-electron chi connectivity index (χ3n) is 4.25. The van der Waals surface area contributed by atoms with Crippen molar-refractivity contribution in [3.8, 4) is 0 Å². The summed E-state index contributed by atoms with van der Waals surface area (Å²) in [5, 5.41) is 11.6. The first kappa shape index (κ1) is 18.8. The molecular formula is C17H22F3N5O. The molecule has 1 saturated heterocycles. The van der Waals surface area contributed by atoms with Gasteiger partial charge in [0, 0.05) is 19.6 Å². The van der Waals surface area contributed by atoms with E-state index in [2.05, 4.69) is 15.6 Å². The van der Waals surface area contributed by atoms with Crippen molar-refractivity contribution in [1.29, 1.82) is 0 Å². The number of alkyl halides is 3. The molecule has 0 saturated carbocycles. The van der Waals surface area contributed by atoms with Crippen molar-refractivity contribution < 1.29 is 17.9 Å². The number of hydrogen-bond acceptors (Lipinski definition) is 5. The molecule has 1 aromatic heterocycles. The van der Waals surface area contributed by atoms with Gasteiger partial charge in [0.2, 0.25) is 0 Å². The summed E-state index contributed by atoms with van der Waals surface area (Å²) in [5.41, 5.74) is 0.927. The second-order valence-electron chi connectivity index (χ2n) is 6.70. The Morgan fingerprint density at radius 1 is 1.23 bits per heavy atom. The highest BCUT2D eigenvalue weighted by Gasteiger charge is 2.31. The van der Waals surface area contributed by atoms with Crippen LogP contribution in [0, 0.1) is 0 Å². The van der Waals surface area contributed by atoms with Crippen LogP contribution < -0.4 is 5.32 Å². The maximum atomic E-state index is 12.6. The number of ether oxygens (including phenoxy) is 1. The average Bonchev–Trinajstić information content (AvgIpc) is 3.20. The van der Waals surface area contributed by atoms with Gasteiger partial charge in [0.25, 0.3) is 0 Å². The van der Waals surface area contributed by atoms with Crippen molar-refractivity contribution >= 4 is 0 Å². The first-order chi connectivity index (χ1) is 12.3. The van der Waals surface area contributed by atoms with E-state index in [9.17, 15) is 13.2 Å². The van der Waals surface area contributed by atoms with Gasteiger partial charge in [0.05, 0.1) is 36.2 Å². The van der Waals surface area contributed by atoms with Crippen molar-refractivity contribution in [2.24, 2.45) is 0 Å². The summed E-state index contributed by atoms with van der Waals surface area (Å²) in [6, 6.07) is 5.06. The topological polar surface area (TPSA) is 55.2 Å². The van der Waals surface area contributed by atoms with Crippen molar-refractivity contribution in [2.45, 2.75) is 31.5 Å². The lowest BCUT2D eigenvalue weighted by Crippen LogP contribution is -2.26. The Morgan fingerprint density at radius 2 is 1.96 bits per heavy atom. The van der Waals surface area contributed by atoms with Crippen LogP contribution in [-0.4, -0.2) is 53.2 Å². The Bertz CT molecular complexity index is 714. The monoisotopic (exact) mass is 369 g/mol. The summed E-state index contributed by atoms with van der Waals surface area (Å²) in [4.78, 5) is 2.01. The Morgan fingerprint density at radius 3 is 2.62 bits per heavy atom. The summed E-state index contributed by atoms with van der Waals surface area (Å²) in [5.74, 6) is 0. The van der Waals surface area contributed by atoms with Gasteiger partial charge >= 0.3 is 6.18 Å². The normalized spacial score (nSPS) is 20.8. The zero-order valence-corrected chi connectivity index (χ0v) is 14.7. The Kier molecular flexibility index (Phi) is 5.59. The number of nitrogens with one attached hydrogen (secondary N) is 1. The van der Waals surface area contributed by atoms with Gasteiger partial charge in [0.1, 0.15) is 0 Å². The molecule has 1 aliphatic rings. The van der Waals surface area contributed by atoms with Crippen LogP contribution in [0.4, 0.5) is 13.2 Å². The highest BCUT2D eigenvalue weighted by molar-refractivity contribution is 5.24. The van der Waals surface area contributed by atoms with Gasteiger partial charge in [-0.05, 0) is 31.8 Å². The number of nitrogens with zero attached hydrogens (tertiary/aromatic N) is 4. The zero-order chi connectivity index (χ0) is 18.7. The third kappa shape index (κ3) is 4.60. The molecule has 0 radical (unpaired) electrons. The van der Waals surface area contributed by atoms with Crippen LogP contribution in [0.15, 0.2) is 30.5 Å². The zero-order valence-electron chi connectivity index (χ0n) is 14.7. The number of hydrogen-bond donors (Lipinski definition) is 1. The molecule has 0 bridgehead atoms. The minimum Gasteiger partial charge on any atom is -0.370 e. The van der Waals surface area contributed by atoms with Gasteiger partial charge in [-0.25, -0.2) is 4.68 Å². The lowest BCUT2D eigenvalue weighted by atomic mass is 10.1. The fraction of sp³-hybridized carbons (Fsp3) is 0.529. The minimum atomic E-state index is -4.32. The second kappa shape index (κ2) is 7.73. The van der Waals surface area contributed by atoms with Crippen molar-refractivity contribution in [3.05, 3.63) is 47.3 Å². The molecule has 0 spiro atoms. The van der Waals surface area contributed by atoms with Crippen LogP contribution in [0.1, 0.15) is 22.9 Å². The molecule has 1 aromatic carbocycles. The van der Waals surface area contributed by atoms with E-state index in [1.54, 1.807) is 4.68 Å². The lowest BCUT2D eigenvalue weighted by molar-refractivity contribution is -0.137. The molecule has 2 atom stereocenters. The minimum absolute atomic E-state index is 0.00728. The van der Waals surface area contributed by atoms with E-state index in [1.807, 2.05) is 25.2 Å². The summed E-state index contributed by atoms with van der Waals surface area (Å²) in [6.45, 7) is 2.33. The molecule has 26 heavy (non-hydrogen) atoms. The quantitative estimate of drug-likeness (QED) is 0.845. The van der Waals surface area contributed by atoms with E-state index in [0.29, 0.717) is 25.2 Å². The Labute approximate surface area is 149 Å². The molecule has 142 valence electrons. The molecular weight excluding hydrogens is 347 g/mol. The first-order valence-electron chi connectivity index (χ1n) is 8.37. The molecule has 2 unspecified atom stereocenters. The second-order valence-corrected chi connectivity index (χ2v) is 6.70. The number of halogens is 3. The smallest absolute Gasteiger partial charge is 0.370 e. The van der Waals surface area contributed by atoms with Crippen LogP contribution in [0.5, 0.6) is 0 Å². The first-order valence-corrected chi connectivity index (χ1v) is 8.37. The molecule has 9 heteroatoms. The predicted molar refractivity (Wildman–Crippen MR) is 89.3 cm³/mol. The molecule has 1 fully saturated rings. The van der Waals surface area contributed by atoms with Crippen LogP contribution >= 0.6 is 0 Å². The molecule has 0 aliphatic carbocycles. The van der Waals surface area contributed by atoms with Crippen molar-refractivity contribution in [3.63, 3.8) is 0 Å². The van der Waals surface area contributed by atoms with E-state index < -0.39 is 11.7 Å². The van der Waals surface area contributed by atoms with Crippen molar-refractivity contribution in [1.82, 2.24) is 25.2 Å². The van der Waals surface area contributed by atoms with Gasteiger partial charge in [-0.15, -0.1) is 5.10 Å². The van der Waals surface area contributed by atoms with E-state index >= 15 is 0 Å². The van der Waals surface area contributed by atoms with Crippen LogP contribution in [-0.2, 0) is 24.1 Å². The van der Waals surface area contributed by atoms with Crippen LogP contribution in [0.25, 0.3) is 0 Å². The lowest BCUT2D eigenvalue weighted by Gasteiger charge is -2.19. The van der Waals surface area contributed by atoms with E-state index in [0.717, 1.165) is 17.8 Å². The highest BCUT2D eigenvalue weighted by Crippen LogP contribution is 2.29. The van der Waals surface area contributed by atoms with Gasteiger partial charge in [-0.3, -0.25) is 0 Å².